The third kappa shape index (κ3) is 3.49. The van der Waals surface area contributed by atoms with Gasteiger partial charge in [0.1, 0.15) is 18.8 Å². The minimum Gasteiger partial charge on any atom is -0.447 e. The molecular weight excluding hydrogens is 368 g/mol. The maximum atomic E-state index is 13.2. The molecule has 0 saturated carbocycles. The predicted molar refractivity (Wildman–Crippen MR) is 108 cm³/mol. The van der Waals surface area contributed by atoms with Crippen molar-refractivity contribution in [1.29, 1.82) is 0 Å². The molecule has 4 atom stereocenters. The van der Waals surface area contributed by atoms with Gasteiger partial charge in [0.2, 0.25) is 5.91 Å². The van der Waals surface area contributed by atoms with E-state index in [1.807, 2.05) is 74.5 Å². The number of aliphatic hydroxyl groups excluding tert-OH is 1. The average molecular weight is 394 g/mol. The molecule has 2 fully saturated rings. The van der Waals surface area contributed by atoms with Crippen LogP contribution >= 0.6 is 0 Å². The zero-order valence-corrected chi connectivity index (χ0v) is 16.6. The van der Waals surface area contributed by atoms with Gasteiger partial charge in [-0.15, -0.1) is 0 Å². The van der Waals surface area contributed by atoms with Crippen LogP contribution in [0.25, 0.3) is 0 Å². The van der Waals surface area contributed by atoms with E-state index in [9.17, 15) is 14.7 Å². The van der Waals surface area contributed by atoms with Gasteiger partial charge in [-0.25, -0.2) is 4.79 Å². The van der Waals surface area contributed by atoms with Crippen LogP contribution in [0, 0.1) is 5.92 Å². The number of carbonyl (C=O) groups is 2. The van der Waals surface area contributed by atoms with Gasteiger partial charge in [0.25, 0.3) is 0 Å². The number of hydrogen-bond acceptors (Lipinski definition) is 4. The lowest BCUT2D eigenvalue weighted by Gasteiger charge is -2.53. The number of β-lactam (4-membered cyclic amide) rings is 1. The highest BCUT2D eigenvalue weighted by Crippen LogP contribution is 2.39. The SMILES string of the molecule is CC(C)[C@H]1COC(=O)N1[C@H]1C(=O)N(Cc2ccccc2)[C@H]1[C@H](O)c1ccccc1. The lowest BCUT2D eigenvalue weighted by molar-refractivity contribution is -0.168. The maximum Gasteiger partial charge on any atom is 0.410 e. The summed E-state index contributed by atoms with van der Waals surface area (Å²) in [6.45, 7) is 4.67. The second-order valence-corrected chi connectivity index (χ2v) is 8.04. The Kier molecular flexibility index (Phi) is 5.28. The second-order valence-electron chi connectivity index (χ2n) is 8.04. The van der Waals surface area contributed by atoms with Crippen molar-refractivity contribution in [3.63, 3.8) is 0 Å². The summed E-state index contributed by atoms with van der Waals surface area (Å²) in [7, 11) is 0. The van der Waals surface area contributed by atoms with Crippen LogP contribution in [0.5, 0.6) is 0 Å². The summed E-state index contributed by atoms with van der Waals surface area (Å²) in [5, 5.41) is 11.2. The Morgan fingerprint density at radius 2 is 1.66 bits per heavy atom. The number of nitrogens with zero attached hydrogens (tertiary/aromatic N) is 2. The molecule has 4 rings (SSSR count). The Bertz CT molecular complexity index is 871. The number of carbonyl (C=O) groups excluding carboxylic acids is 2. The molecule has 6 heteroatoms. The molecule has 6 nitrogen and oxygen atoms in total. The number of benzene rings is 2. The van der Waals surface area contributed by atoms with Crippen molar-refractivity contribution in [3.05, 3.63) is 71.8 Å². The van der Waals surface area contributed by atoms with E-state index in [4.69, 9.17) is 4.74 Å². The quantitative estimate of drug-likeness (QED) is 0.765. The van der Waals surface area contributed by atoms with Crippen molar-refractivity contribution in [1.82, 2.24) is 9.80 Å². The lowest BCUT2D eigenvalue weighted by Crippen LogP contribution is -2.73. The van der Waals surface area contributed by atoms with E-state index in [1.54, 1.807) is 9.80 Å². The van der Waals surface area contributed by atoms with E-state index in [0.29, 0.717) is 6.54 Å². The van der Waals surface area contributed by atoms with Crippen LogP contribution in [-0.4, -0.2) is 51.6 Å². The van der Waals surface area contributed by atoms with Crippen molar-refractivity contribution in [2.45, 2.75) is 44.6 Å². The van der Waals surface area contributed by atoms with Crippen LogP contribution < -0.4 is 0 Å². The molecule has 2 aliphatic rings. The molecular formula is C23H26N2O4. The summed E-state index contributed by atoms with van der Waals surface area (Å²) in [5.41, 5.74) is 1.70. The van der Waals surface area contributed by atoms with Crippen LogP contribution in [0.2, 0.25) is 0 Å². The monoisotopic (exact) mass is 394 g/mol. The van der Waals surface area contributed by atoms with Crippen LogP contribution in [0.4, 0.5) is 4.79 Å². The number of amides is 2. The minimum absolute atomic E-state index is 0.145. The number of rotatable bonds is 6. The Labute approximate surface area is 170 Å². The van der Waals surface area contributed by atoms with Gasteiger partial charge in [0, 0.05) is 6.54 Å². The molecule has 0 radical (unpaired) electrons. The van der Waals surface area contributed by atoms with Crippen LogP contribution in [0.15, 0.2) is 60.7 Å². The summed E-state index contributed by atoms with van der Waals surface area (Å²) in [6, 6.07) is 17.5. The fourth-order valence-corrected chi connectivity index (χ4v) is 4.27. The minimum atomic E-state index is -0.899. The van der Waals surface area contributed by atoms with Crippen molar-refractivity contribution in [2.75, 3.05) is 6.61 Å². The van der Waals surface area contributed by atoms with E-state index >= 15 is 0 Å². The number of cyclic esters (lactones) is 1. The first-order valence-corrected chi connectivity index (χ1v) is 10.0. The Balaban J connectivity index is 1.66. The molecule has 0 aliphatic carbocycles. The van der Waals surface area contributed by atoms with Crippen molar-refractivity contribution in [3.8, 4) is 0 Å². The summed E-state index contributed by atoms with van der Waals surface area (Å²) in [5.74, 6) is -0.00900. The predicted octanol–water partition coefficient (Wildman–Crippen LogP) is 2.98. The normalized spacial score (nSPS) is 25.2. The number of aliphatic hydroxyl groups is 1. The van der Waals surface area contributed by atoms with E-state index < -0.39 is 24.3 Å². The fourth-order valence-electron chi connectivity index (χ4n) is 4.27. The molecule has 29 heavy (non-hydrogen) atoms. The lowest BCUT2D eigenvalue weighted by atomic mass is 9.84. The van der Waals surface area contributed by atoms with Gasteiger partial charge in [-0.1, -0.05) is 74.5 Å². The molecule has 2 saturated heterocycles. The van der Waals surface area contributed by atoms with Gasteiger partial charge in [-0.05, 0) is 17.0 Å². The van der Waals surface area contributed by atoms with Gasteiger partial charge in [-0.3, -0.25) is 9.69 Å². The average Bonchev–Trinajstić information content (AvgIpc) is 3.12. The molecule has 2 aliphatic heterocycles. The molecule has 2 heterocycles. The topological polar surface area (TPSA) is 70.1 Å². The van der Waals surface area contributed by atoms with Crippen LogP contribution in [0.3, 0.4) is 0 Å². The third-order valence-corrected chi connectivity index (χ3v) is 5.89. The van der Waals surface area contributed by atoms with E-state index in [2.05, 4.69) is 0 Å². The first-order chi connectivity index (χ1) is 14.0. The Hall–Kier alpha value is -2.86. The molecule has 2 aromatic rings. The summed E-state index contributed by atoms with van der Waals surface area (Å²) in [6.07, 6.45) is -1.38. The van der Waals surface area contributed by atoms with Gasteiger partial charge in [0.15, 0.2) is 0 Å². The first kappa shape index (κ1) is 19.5. The number of hydrogen-bond donors (Lipinski definition) is 1. The molecule has 152 valence electrons. The van der Waals surface area contributed by atoms with Crippen LogP contribution in [-0.2, 0) is 16.1 Å². The first-order valence-electron chi connectivity index (χ1n) is 10.0. The molecule has 1 N–H and O–H groups in total. The van der Waals surface area contributed by atoms with Gasteiger partial charge in [-0.2, -0.15) is 0 Å². The van der Waals surface area contributed by atoms with Crippen molar-refractivity contribution < 1.29 is 19.4 Å². The fraction of sp³-hybridized carbons (Fsp3) is 0.391. The smallest absolute Gasteiger partial charge is 0.410 e. The molecule has 2 aromatic carbocycles. The van der Waals surface area contributed by atoms with Gasteiger partial charge < -0.3 is 14.7 Å². The molecule has 0 spiro atoms. The number of ether oxygens (including phenoxy) is 1. The van der Waals surface area contributed by atoms with E-state index in [-0.39, 0.29) is 24.5 Å². The van der Waals surface area contributed by atoms with Crippen molar-refractivity contribution >= 4 is 12.0 Å². The maximum absolute atomic E-state index is 13.2. The Morgan fingerprint density at radius 3 is 2.28 bits per heavy atom. The highest BCUT2D eigenvalue weighted by molar-refractivity contribution is 5.93. The standard InChI is InChI=1S/C23H26N2O4/c1-15(2)18-14-29-23(28)25(18)20-19(21(26)17-11-7-4-8-12-17)24(22(20)27)13-16-9-5-3-6-10-16/h3-12,15,18-21,26H,13-14H2,1-2H3/t18-,19-,20-,21-/m1/s1. The third-order valence-electron chi connectivity index (χ3n) is 5.89. The summed E-state index contributed by atoms with van der Waals surface area (Å²) < 4.78 is 5.27. The van der Waals surface area contributed by atoms with Crippen LogP contribution in [0.1, 0.15) is 31.1 Å². The van der Waals surface area contributed by atoms with E-state index in [0.717, 1.165) is 11.1 Å². The summed E-state index contributed by atoms with van der Waals surface area (Å²) >= 11 is 0. The largest absolute Gasteiger partial charge is 0.447 e. The Morgan fingerprint density at radius 1 is 1.03 bits per heavy atom. The zero-order valence-electron chi connectivity index (χ0n) is 16.6. The molecule has 0 aromatic heterocycles. The van der Waals surface area contributed by atoms with E-state index in [1.165, 1.54) is 0 Å². The number of likely N-dealkylation sites (tertiary alicyclic amines) is 1. The highest BCUT2D eigenvalue weighted by Gasteiger charge is 2.58. The molecule has 2 amide bonds. The van der Waals surface area contributed by atoms with Crippen molar-refractivity contribution in [2.24, 2.45) is 5.92 Å². The van der Waals surface area contributed by atoms with Gasteiger partial charge >= 0.3 is 6.09 Å². The zero-order chi connectivity index (χ0) is 20.5. The molecule has 0 bridgehead atoms. The highest BCUT2D eigenvalue weighted by atomic mass is 16.6. The summed E-state index contributed by atoms with van der Waals surface area (Å²) in [4.78, 5) is 28.9. The second kappa shape index (κ2) is 7.87. The molecule has 0 unspecified atom stereocenters. The van der Waals surface area contributed by atoms with Gasteiger partial charge in [0.05, 0.1) is 12.1 Å².